The summed E-state index contributed by atoms with van der Waals surface area (Å²) >= 11 is 0.999. The van der Waals surface area contributed by atoms with Gasteiger partial charge in [-0.05, 0) is 12.1 Å². The average Bonchev–Trinajstić information content (AvgIpc) is 2.51. The maximum atomic E-state index is 12.5. The molecule has 0 N–H and O–H groups in total. The Hall–Kier alpha value is -2.36. The Morgan fingerprint density at radius 3 is 2.78 bits per heavy atom. The molecule has 0 aliphatic heterocycles. The van der Waals surface area contributed by atoms with Gasteiger partial charge in [-0.25, -0.2) is 9.97 Å². The number of aromatic nitrogens is 2. The third-order valence-corrected chi connectivity index (χ3v) is 3.36. The van der Waals surface area contributed by atoms with Crippen molar-refractivity contribution in [2.24, 2.45) is 0 Å². The van der Waals surface area contributed by atoms with Crippen molar-refractivity contribution in [3.05, 3.63) is 52.3 Å². The number of rotatable bonds is 6. The molecule has 2 aromatic rings. The molecule has 10 heteroatoms. The van der Waals surface area contributed by atoms with E-state index in [1.807, 2.05) is 0 Å². The number of benzene rings is 1. The highest BCUT2D eigenvalue weighted by molar-refractivity contribution is 7.99. The maximum Gasteiger partial charge on any atom is 0.433 e. The van der Waals surface area contributed by atoms with Crippen molar-refractivity contribution >= 4 is 17.4 Å². The van der Waals surface area contributed by atoms with Gasteiger partial charge in [0, 0.05) is 18.0 Å². The Kier molecular flexibility index (Phi) is 5.37. The first kappa shape index (κ1) is 17.0. The number of hydrogen-bond acceptors (Lipinski definition) is 6. The average molecular weight is 345 g/mol. The van der Waals surface area contributed by atoms with Crippen LogP contribution in [0.4, 0.5) is 18.9 Å². The van der Waals surface area contributed by atoms with E-state index in [-0.39, 0.29) is 17.5 Å². The molecule has 0 bridgehead atoms. The first-order valence-electron chi connectivity index (χ1n) is 6.26. The topological polar surface area (TPSA) is 78.2 Å². The molecule has 0 saturated carbocycles. The number of alkyl halides is 3. The summed E-state index contributed by atoms with van der Waals surface area (Å²) in [6, 6.07) is 6.43. The molecular formula is C13H10F3N3O3S. The maximum absolute atomic E-state index is 12.5. The van der Waals surface area contributed by atoms with Crippen LogP contribution in [-0.2, 0) is 6.18 Å². The number of hydrogen-bond donors (Lipinski definition) is 0. The van der Waals surface area contributed by atoms with Gasteiger partial charge >= 0.3 is 6.18 Å². The highest BCUT2D eigenvalue weighted by Crippen LogP contribution is 2.28. The predicted octanol–water partition coefficient (Wildman–Crippen LogP) is 3.57. The number of non-ortho nitro benzene ring substituents is 1. The second-order valence-electron chi connectivity index (χ2n) is 4.17. The number of nitro groups is 1. The molecule has 0 spiro atoms. The minimum Gasteiger partial charge on any atom is -0.492 e. The lowest BCUT2D eigenvalue weighted by atomic mass is 10.3. The molecule has 122 valence electrons. The Balaban J connectivity index is 1.86. The van der Waals surface area contributed by atoms with E-state index in [1.165, 1.54) is 18.2 Å². The summed E-state index contributed by atoms with van der Waals surface area (Å²) in [6.07, 6.45) is -3.47. The highest BCUT2D eigenvalue weighted by Gasteiger charge is 2.32. The van der Waals surface area contributed by atoms with Crippen LogP contribution in [0.3, 0.4) is 0 Å². The summed E-state index contributed by atoms with van der Waals surface area (Å²) in [7, 11) is 0. The number of nitrogens with zero attached hydrogens (tertiary/aromatic N) is 3. The fourth-order valence-corrected chi connectivity index (χ4v) is 2.20. The van der Waals surface area contributed by atoms with Gasteiger partial charge in [0.15, 0.2) is 5.16 Å². The zero-order valence-corrected chi connectivity index (χ0v) is 12.3. The third kappa shape index (κ3) is 5.09. The van der Waals surface area contributed by atoms with Crippen LogP contribution in [0.25, 0.3) is 0 Å². The summed E-state index contributed by atoms with van der Waals surface area (Å²) in [4.78, 5) is 17.2. The Morgan fingerprint density at radius 1 is 1.30 bits per heavy atom. The smallest absolute Gasteiger partial charge is 0.433 e. The lowest BCUT2D eigenvalue weighted by molar-refractivity contribution is -0.384. The van der Waals surface area contributed by atoms with Gasteiger partial charge in [-0.3, -0.25) is 10.1 Å². The molecule has 0 aliphatic rings. The standard InChI is InChI=1S/C13H10F3N3O3S/c14-13(15,16)11-4-5-17-12(18-11)23-7-6-22-10-3-1-2-9(8-10)19(20)21/h1-5,8H,6-7H2. The first-order chi connectivity index (χ1) is 10.9. The van der Waals surface area contributed by atoms with Gasteiger partial charge < -0.3 is 4.74 Å². The number of halogens is 3. The summed E-state index contributed by atoms with van der Waals surface area (Å²) in [6.45, 7) is 0.144. The minimum atomic E-state index is -4.52. The van der Waals surface area contributed by atoms with E-state index in [0.29, 0.717) is 11.5 Å². The molecule has 0 saturated heterocycles. The van der Waals surface area contributed by atoms with Crippen LogP contribution in [-0.4, -0.2) is 27.3 Å². The van der Waals surface area contributed by atoms with Gasteiger partial charge in [0.1, 0.15) is 11.4 Å². The fourth-order valence-electron chi connectivity index (χ4n) is 1.55. The first-order valence-corrected chi connectivity index (χ1v) is 7.25. The van der Waals surface area contributed by atoms with Crippen LogP contribution in [0.1, 0.15) is 5.69 Å². The molecule has 1 aromatic carbocycles. The molecule has 0 unspecified atom stereocenters. The quantitative estimate of drug-likeness (QED) is 0.262. The van der Waals surface area contributed by atoms with Crippen LogP contribution in [0.15, 0.2) is 41.7 Å². The van der Waals surface area contributed by atoms with Crippen LogP contribution in [0.5, 0.6) is 5.75 Å². The molecule has 0 aliphatic carbocycles. The van der Waals surface area contributed by atoms with E-state index in [4.69, 9.17) is 4.74 Å². The van der Waals surface area contributed by atoms with Gasteiger partial charge in [0.25, 0.3) is 5.69 Å². The summed E-state index contributed by atoms with van der Waals surface area (Å²) in [5.41, 5.74) is -1.11. The van der Waals surface area contributed by atoms with Crippen LogP contribution in [0, 0.1) is 10.1 Å². The monoisotopic (exact) mass is 345 g/mol. The van der Waals surface area contributed by atoms with Crippen molar-refractivity contribution in [1.82, 2.24) is 9.97 Å². The van der Waals surface area contributed by atoms with Gasteiger partial charge in [-0.15, -0.1) is 0 Å². The van der Waals surface area contributed by atoms with Crippen molar-refractivity contribution in [3.63, 3.8) is 0 Å². The SMILES string of the molecule is O=[N+]([O-])c1cccc(OCCSc2nccc(C(F)(F)F)n2)c1. The van der Waals surface area contributed by atoms with E-state index >= 15 is 0 Å². The molecule has 2 rings (SSSR count). The van der Waals surface area contributed by atoms with E-state index < -0.39 is 16.8 Å². The lowest BCUT2D eigenvalue weighted by Crippen LogP contribution is -2.09. The van der Waals surface area contributed by atoms with Gasteiger partial charge in [-0.1, -0.05) is 17.8 Å². The van der Waals surface area contributed by atoms with Crippen LogP contribution >= 0.6 is 11.8 Å². The molecule has 6 nitrogen and oxygen atoms in total. The predicted molar refractivity (Wildman–Crippen MR) is 76.3 cm³/mol. The Labute approximate surface area is 132 Å². The summed E-state index contributed by atoms with van der Waals surface area (Å²) < 4.78 is 42.8. The molecule has 1 aromatic heterocycles. The highest BCUT2D eigenvalue weighted by atomic mass is 32.2. The van der Waals surface area contributed by atoms with Gasteiger partial charge in [0.05, 0.1) is 17.6 Å². The third-order valence-electron chi connectivity index (χ3n) is 2.54. The largest absolute Gasteiger partial charge is 0.492 e. The Morgan fingerprint density at radius 2 is 2.09 bits per heavy atom. The van der Waals surface area contributed by atoms with Crippen LogP contribution in [0.2, 0.25) is 0 Å². The molecule has 1 heterocycles. The normalized spacial score (nSPS) is 11.3. The second kappa shape index (κ2) is 7.27. The molecule has 0 atom stereocenters. The number of ether oxygens (including phenoxy) is 1. The number of thioether (sulfide) groups is 1. The summed E-state index contributed by atoms with van der Waals surface area (Å²) in [5, 5.41) is 10.6. The van der Waals surface area contributed by atoms with E-state index in [2.05, 4.69) is 9.97 Å². The molecule has 0 radical (unpaired) electrons. The van der Waals surface area contributed by atoms with E-state index in [0.717, 1.165) is 24.0 Å². The fraction of sp³-hybridized carbons (Fsp3) is 0.231. The zero-order valence-electron chi connectivity index (χ0n) is 11.5. The Bertz CT molecular complexity index is 697. The lowest BCUT2D eigenvalue weighted by Gasteiger charge is -2.07. The summed E-state index contributed by atoms with van der Waals surface area (Å²) in [5.74, 6) is 0.606. The van der Waals surface area contributed by atoms with Crippen molar-refractivity contribution in [2.45, 2.75) is 11.3 Å². The van der Waals surface area contributed by atoms with Crippen molar-refractivity contribution in [3.8, 4) is 5.75 Å². The second-order valence-corrected chi connectivity index (χ2v) is 5.24. The van der Waals surface area contributed by atoms with Gasteiger partial charge in [-0.2, -0.15) is 13.2 Å². The number of nitro benzene ring substituents is 1. The van der Waals surface area contributed by atoms with Crippen molar-refractivity contribution in [1.29, 1.82) is 0 Å². The van der Waals surface area contributed by atoms with Crippen molar-refractivity contribution in [2.75, 3.05) is 12.4 Å². The van der Waals surface area contributed by atoms with Gasteiger partial charge in [0.2, 0.25) is 0 Å². The molecule has 0 amide bonds. The zero-order chi connectivity index (χ0) is 16.9. The minimum absolute atomic E-state index is 0.0116. The van der Waals surface area contributed by atoms with Crippen LogP contribution < -0.4 is 4.74 Å². The molecular weight excluding hydrogens is 335 g/mol. The molecule has 23 heavy (non-hydrogen) atoms. The molecule has 0 fully saturated rings. The van der Waals surface area contributed by atoms with Crippen molar-refractivity contribution < 1.29 is 22.8 Å². The van der Waals surface area contributed by atoms with E-state index in [1.54, 1.807) is 6.07 Å². The van der Waals surface area contributed by atoms with E-state index in [9.17, 15) is 23.3 Å².